The van der Waals surface area contributed by atoms with Gasteiger partial charge in [-0.2, -0.15) is 0 Å². The lowest BCUT2D eigenvalue weighted by Crippen LogP contribution is -2.36. The fourth-order valence-corrected chi connectivity index (χ4v) is 1.58. The summed E-state index contributed by atoms with van der Waals surface area (Å²) < 4.78 is 13.1. The number of hydrogen-bond acceptors (Lipinski definition) is 2. The molecule has 0 aromatic heterocycles. The molecule has 2 nitrogen and oxygen atoms in total. The summed E-state index contributed by atoms with van der Waals surface area (Å²) in [5, 5.41) is 0. The molecular formula is C13H18FNO. The van der Waals surface area contributed by atoms with Crippen molar-refractivity contribution in [1.82, 2.24) is 0 Å². The minimum atomic E-state index is -0.550. The van der Waals surface area contributed by atoms with Gasteiger partial charge in [-0.15, -0.1) is 0 Å². The Morgan fingerprint density at radius 3 is 2.56 bits per heavy atom. The lowest BCUT2D eigenvalue weighted by atomic mass is 9.92. The highest BCUT2D eigenvalue weighted by Gasteiger charge is 2.21. The Labute approximate surface area is 95.7 Å². The van der Waals surface area contributed by atoms with Crippen LogP contribution in [0.15, 0.2) is 18.2 Å². The average molecular weight is 223 g/mol. The zero-order valence-corrected chi connectivity index (χ0v) is 9.96. The standard InChI is InChI=1S/C13H18FNO/c1-4-9(3)12(15)13(16)10-5-8(2)6-11(14)7-10/h5-7,9,12H,4,15H2,1-3H3. The number of nitrogens with two attached hydrogens (primary N) is 1. The molecule has 0 fully saturated rings. The largest absolute Gasteiger partial charge is 0.321 e. The van der Waals surface area contributed by atoms with Crippen LogP contribution in [0.25, 0.3) is 0 Å². The van der Waals surface area contributed by atoms with Crippen molar-refractivity contribution in [1.29, 1.82) is 0 Å². The molecule has 0 aliphatic carbocycles. The van der Waals surface area contributed by atoms with Crippen LogP contribution in [0.2, 0.25) is 0 Å². The summed E-state index contributed by atoms with van der Waals surface area (Å²) in [6, 6.07) is 3.77. The third-order valence-corrected chi connectivity index (χ3v) is 2.89. The highest BCUT2D eigenvalue weighted by Crippen LogP contribution is 2.14. The number of hydrogen-bond donors (Lipinski definition) is 1. The van der Waals surface area contributed by atoms with Crippen molar-refractivity contribution in [2.75, 3.05) is 0 Å². The van der Waals surface area contributed by atoms with Gasteiger partial charge in [-0.3, -0.25) is 4.79 Å². The summed E-state index contributed by atoms with van der Waals surface area (Å²) in [6.07, 6.45) is 0.835. The number of carbonyl (C=O) groups excluding carboxylic acids is 1. The molecule has 0 bridgehead atoms. The van der Waals surface area contributed by atoms with Crippen molar-refractivity contribution in [2.45, 2.75) is 33.2 Å². The van der Waals surface area contributed by atoms with Gasteiger partial charge in [0.05, 0.1) is 6.04 Å². The normalized spacial score (nSPS) is 14.6. The lowest BCUT2D eigenvalue weighted by molar-refractivity contribution is 0.0934. The van der Waals surface area contributed by atoms with E-state index in [4.69, 9.17) is 5.73 Å². The zero-order valence-electron chi connectivity index (χ0n) is 9.96. The molecular weight excluding hydrogens is 205 g/mol. The van der Waals surface area contributed by atoms with E-state index >= 15 is 0 Å². The molecule has 2 atom stereocenters. The molecule has 2 unspecified atom stereocenters. The molecule has 88 valence electrons. The molecule has 0 spiro atoms. The summed E-state index contributed by atoms with van der Waals surface area (Å²) >= 11 is 0. The molecule has 1 aromatic carbocycles. The summed E-state index contributed by atoms with van der Waals surface area (Å²) in [5.74, 6) is -0.465. The van der Waals surface area contributed by atoms with Gasteiger partial charge in [0, 0.05) is 5.56 Å². The quantitative estimate of drug-likeness (QED) is 0.797. The van der Waals surface area contributed by atoms with E-state index in [1.54, 1.807) is 13.0 Å². The number of rotatable bonds is 4. The van der Waals surface area contributed by atoms with E-state index in [0.717, 1.165) is 12.0 Å². The monoisotopic (exact) mass is 223 g/mol. The predicted octanol–water partition coefficient (Wildman–Crippen LogP) is 2.69. The molecule has 0 radical (unpaired) electrons. The third-order valence-electron chi connectivity index (χ3n) is 2.89. The van der Waals surface area contributed by atoms with Crippen molar-refractivity contribution in [3.63, 3.8) is 0 Å². The number of benzene rings is 1. The van der Waals surface area contributed by atoms with Crippen LogP contribution in [0.1, 0.15) is 36.2 Å². The van der Waals surface area contributed by atoms with Crippen LogP contribution >= 0.6 is 0 Å². The maximum Gasteiger partial charge on any atom is 0.179 e. The molecule has 0 amide bonds. The van der Waals surface area contributed by atoms with Crippen LogP contribution < -0.4 is 5.73 Å². The van der Waals surface area contributed by atoms with E-state index < -0.39 is 6.04 Å². The Kier molecular flexibility index (Phi) is 4.19. The van der Waals surface area contributed by atoms with Crippen LogP contribution in [0.5, 0.6) is 0 Å². The predicted molar refractivity (Wildman–Crippen MR) is 62.9 cm³/mol. The second kappa shape index (κ2) is 5.21. The second-order valence-electron chi connectivity index (χ2n) is 4.29. The number of Topliss-reactive ketones (excluding diaryl/α,β-unsaturated/α-hetero) is 1. The molecule has 0 heterocycles. The molecule has 2 N–H and O–H groups in total. The minimum absolute atomic E-state index is 0.107. The smallest absolute Gasteiger partial charge is 0.179 e. The first-order chi connectivity index (χ1) is 7.45. The molecule has 16 heavy (non-hydrogen) atoms. The first-order valence-corrected chi connectivity index (χ1v) is 5.52. The van der Waals surface area contributed by atoms with Crippen LogP contribution in [0.4, 0.5) is 4.39 Å². The minimum Gasteiger partial charge on any atom is -0.321 e. The van der Waals surface area contributed by atoms with Crippen molar-refractivity contribution in [3.8, 4) is 0 Å². The van der Waals surface area contributed by atoms with Gasteiger partial charge in [0.1, 0.15) is 5.82 Å². The van der Waals surface area contributed by atoms with Gasteiger partial charge in [-0.25, -0.2) is 4.39 Å². The van der Waals surface area contributed by atoms with E-state index in [2.05, 4.69) is 0 Å². The molecule has 0 aliphatic heterocycles. The third kappa shape index (κ3) is 2.89. The zero-order chi connectivity index (χ0) is 12.3. The maximum absolute atomic E-state index is 13.1. The number of carbonyl (C=O) groups is 1. The Morgan fingerprint density at radius 1 is 1.44 bits per heavy atom. The summed E-state index contributed by atoms with van der Waals surface area (Å²) in [7, 11) is 0. The summed E-state index contributed by atoms with van der Waals surface area (Å²) in [6.45, 7) is 5.66. The van der Waals surface area contributed by atoms with E-state index in [9.17, 15) is 9.18 Å². The van der Waals surface area contributed by atoms with E-state index in [1.165, 1.54) is 12.1 Å². The van der Waals surface area contributed by atoms with Crippen LogP contribution in [0, 0.1) is 18.7 Å². The highest BCUT2D eigenvalue weighted by molar-refractivity contribution is 6.00. The molecule has 1 aromatic rings. The fraction of sp³-hybridized carbons (Fsp3) is 0.462. The second-order valence-corrected chi connectivity index (χ2v) is 4.29. The summed E-state index contributed by atoms with van der Waals surface area (Å²) in [5.41, 5.74) is 6.93. The van der Waals surface area contributed by atoms with E-state index in [-0.39, 0.29) is 17.5 Å². The fourth-order valence-electron chi connectivity index (χ4n) is 1.58. The van der Waals surface area contributed by atoms with Gasteiger partial charge < -0.3 is 5.73 Å². The Bertz CT molecular complexity index is 369. The van der Waals surface area contributed by atoms with Gasteiger partial charge in [-0.1, -0.05) is 20.3 Å². The molecule has 0 aliphatic rings. The topological polar surface area (TPSA) is 43.1 Å². The van der Waals surface area contributed by atoms with Crippen molar-refractivity contribution >= 4 is 5.78 Å². The van der Waals surface area contributed by atoms with Crippen LogP contribution in [0.3, 0.4) is 0 Å². The first kappa shape index (κ1) is 12.8. The van der Waals surface area contributed by atoms with Gasteiger partial charge >= 0.3 is 0 Å². The SMILES string of the molecule is CCC(C)C(N)C(=O)c1cc(C)cc(F)c1. The lowest BCUT2D eigenvalue weighted by Gasteiger charge is -2.17. The van der Waals surface area contributed by atoms with Gasteiger partial charge in [0.2, 0.25) is 0 Å². The molecule has 1 rings (SSSR count). The Balaban J connectivity index is 2.96. The number of halogens is 1. The Hall–Kier alpha value is -1.22. The van der Waals surface area contributed by atoms with Crippen LogP contribution in [-0.2, 0) is 0 Å². The van der Waals surface area contributed by atoms with E-state index in [1.807, 2.05) is 13.8 Å². The average Bonchev–Trinajstić information content (AvgIpc) is 2.24. The van der Waals surface area contributed by atoms with E-state index in [0.29, 0.717) is 5.56 Å². The van der Waals surface area contributed by atoms with Gasteiger partial charge in [0.25, 0.3) is 0 Å². The van der Waals surface area contributed by atoms with Crippen molar-refractivity contribution < 1.29 is 9.18 Å². The first-order valence-electron chi connectivity index (χ1n) is 5.52. The van der Waals surface area contributed by atoms with Gasteiger partial charge in [0.15, 0.2) is 5.78 Å². The molecule has 3 heteroatoms. The van der Waals surface area contributed by atoms with Crippen molar-refractivity contribution in [2.24, 2.45) is 11.7 Å². The van der Waals surface area contributed by atoms with Crippen LogP contribution in [-0.4, -0.2) is 11.8 Å². The highest BCUT2D eigenvalue weighted by atomic mass is 19.1. The summed E-state index contributed by atoms with van der Waals surface area (Å²) in [4.78, 5) is 12.0. The maximum atomic E-state index is 13.1. The number of aryl methyl sites for hydroxylation is 1. The van der Waals surface area contributed by atoms with Crippen molar-refractivity contribution in [3.05, 3.63) is 35.1 Å². The molecule has 0 saturated heterocycles. The number of ketones is 1. The Morgan fingerprint density at radius 2 is 2.06 bits per heavy atom. The molecule has 0 saturated carbocycles. The van der Waals surface area contributed by atoms with Gasteiger partial charge in [-0.05, 0) is 36.6 Å².